The van der Waals surface area contributed by atoms with Gasteiger partial charge < -0.3 is 15.4 Å². The number of hydrogen-bond donors (Lipinski definition) is 1. The number of hydrogen-bond acceptors (Lipinski definition) is 4. The fourth-order valence-electron chi connectivity index (χ4n) is 3.69. The van der Waals surface area contributed by atoms with E-state index in [1.807, 2.05) is 0 Å². The summed E-state index contributed by atoms with van der Waals surface area (Å²) < 4.78 is 6.23. The normalized spacial score (nSPS) is 37.0. The molecule has 0 aromatic rings. The summed E-state index contributed by atoms with van der Waals surface area (Å²) in [5.74, 6) is 0. The van der Waals surface area contributed by atoms with Crippen molar-refractivity contribution in [3.63, 3.8) is 0 Å². The minimum atomic E-state index is -0.0766. The van der Waals surface area contributed by atoms with Gasteiger partial charge in [-0.2, -0.15) is 0 Å². The first-order chi connectivity index (χ1) is 8.25. The smallest absolute Gasteiger partial charge is 0.0789 e. The predicted octanol–water partition coefficient (Wildman–Crippen LogP) is 0.907. The van der Waals surface area contributed by atoms with Crippen molar-refractivity contribution in [3.8, 4) is 0 Å². The van der Waals surface area contributed by atoms with E-state index >= 15 is 0 Å². The van der Waals surface area contributed by atoms with Gasteiger partial charge in [0, 0.05) is 38.3 Å². The molecule has 2 N–H and O–H groups in total. The lowest BCUT2D eigenvalue weighted by Crippen LogP contribution is -2.61. The maximum absolute atomic E-state index is 6.23. The third-order valence-electron chi connectivity index (χ3n) is 4.43. The molecule has 2 aliphatic rings. The summed E-state index contributed by atoms with van der Waals surface area (Å²) in [6.45, 7) is 12.9. The highest BCUT2D eigenvalue weighted by molar-refractivity contribution is 5.02. The van der Waals surface area contributed by atoms with Crippen molar-refractivity contribution >= 4 is 0 Å². The van der Waals surface area contributed by atoms with Gasteiger partial charge in [-0.3, -0.25) is 4.90 Å². The molecule has 2 heterocycles. The molecule has 18 heavy (non-hydrogen) atoms. The molecule has 2 rings (SSSR count). The van der Waals surface area contributed by atoms with Crippen molar-refractivity contribution in [2.75, 3.05) is 33.2 Å². The average molecular weight is 255 g/mol. The van der Waals surface area contributed by atoms with E-state index in [0.29, 0.717) is 12.1 Å². The van der Waals surface area contributed by atoms with Gasteiger partial charge in [0.25, 0.3) is 0 Å². The second-order valence-electron chi connectivity index (χ2n) is 7.07. The predicted molar refractivity (Wildman–Crippen MR) is 74.7 cm³/mol. The summed E-state index contributed by atoms with van der Waals surface area (Å²) in [6, 6.07) is 0.945. The Labute approximate surface area is 111 Å². The second-order valence-corrected chi connectivity index (χ2v) is 7.07. The van der Waals surface area contributed by atoms with Gasteiger partial charge >= 0.3 is 0 Å². The molecule has 2 aliphatic heterocycles. The van der Waals surface area contributed by atoms with Gasteiger partial charge in [0.1, 0.15) is 0 Å². The Hall–Kier alpha value is -0.160. The van der Waals surface area contributed by atoms with E-state index in [1.54, 1.807) is 0 Å². The fourth-order valence-corrected chi connectivity index (χ4v) is 3.69. The molecule has 4 heteroatoms. The molecule has 2 atom stereocenters. The molecule has 0 saturated carbocycles. The van der Waals surface area contributed by atoms with Crippen LogP contribution in [0.5, 0.6) is 0 Å². The average Bonchev–Trinajstić information content (AvgIpc) is 2.46. The Bertz CT molecular complexity index is 303. The van der Waals surface area contributed by atoms with Gasteiger partial charge in [-0.15, -0.1) is 0 Å². The molecule has 0 radical (unpaired) electrons. The van der Waals surface area contributed by atoms with Crippen LogP contribution in [0.1, 0.15) is 34.1 Å². The summed E-state index contributed by atoms with van der Waals surface area (Å²) in [5.41, 5.74) is 5.88. The zero-order valence-corrected chi connectivity index (χ0v) is 12.6. The van der Waals surface area contributed by atoms with E-state index < -0.39 is 0 Å². The quantitative estimate of drug-likeness (QED) is 0.796. The summed E-state index contributed by atoms with van der Waals surface area (Å²) in [7, 11) is 2.18. The summed E-state index contributed by atoms with van der Waals surface area (Å²) in [5, 5.41) is 0. The topological polar surface area (TPSA) is 41.7 Å². The highest BCUT2D eigenvalue weighted by Gasteiger charge is 2.50. The highest BCUT2D eigenvalue weighted by atomic mass is 16.5. The van der Waals surface area contributed by atoms with Crippen LogP contribution in [0.3, 0.4) is 0 Å². The fraction of sp³-hybridized carbons (Fsp3) is 1.00. The molecule has 2 unspecified atom stereocenters. The Morgan fingerprint density at radius 2 is 1.89 bits per heavy atom. The highest BCUT2D eigenvalue weighted by Crippen LogP contribution is 2.41. The van der Waals surface area contributed by atoms with Crippen LogP contribution in [-0.2, 0) is 4.74 Å². The number of nitrogens with two attached hydrogens (primary N) is 1. The van der Waals surface area contributed by atoms with Crippen LogP contribution >= 0.6 is 0 Å². The molecule has 2 saturated heterocycles. The Morgan fingerprint density at radius 1 is 1.22 bits per heavy atom. The molecule has 2 fully saturated rings. The van der Waals surface area contributed by atoms with E-state index in [1.165, 1.54) is 0 Å². The zero-order valence-electron chi connectivity index (χ0n) is 12.6. The maximum Gasteiger partial charge on any atom is 0.0789 e. The van der Waals surface area contributed by atoms with Crippen molar-refractivity contribution in [1.29, 1.82) is 0 Å². The van der Waals surface area contributed by atoms with Crippen LogP contribution in [0.25, 0.3) is 0 Å². The van der Waals surface area contributed by atoms with E-state index in [2.05, 4.69) is 44.5 Å². The molecule has 106 valence electrons. The van der Waals surface area contributed by atoms with Crippen molar-refractivity contribution in [3.05, 3.63) is 0 Å². The summed E-state index contributed by atoms with van der Waals surface area (Å²) in [4.78, 5) is 4.97. The van der Waals surface area contributed by atoms with Gasteiger partial charge in [-0.25, -0.2) is 0 Å². The SMILES string of the molecule is CN1CCN(C2CC(C)(C)OC2(C)C)C(CN)C1. The number of rotatable bonds is 2. The Morgan fingerprint density at radius 3 is 2.39 bits per heavy atom. The maximum atomic E-state index is 6.23. The molecule has 0 spiro atoms. The monoisotopic (exact) mass is 255 g/mol. The van der Waals surface area contributed by atoms with Gasteiger partial charge in [-0.1, -0.05) is 0 Å². The van der Waals surface area contributed by atoms with Gasteiger partial charge in [0.05, 0.1) is 11.2 Å². The van der Waals surface area contributed by atoms with Gasteiger partial charge in [0.2, 0.25) is 0 Å². The van der Waals surface area contributed by atoms with Crippen LogP contribution in [0.4, 0.5) is 0 Å². The van der Waals surface area contributed by atoms with Crippen LogP contribution in [0.15, 0.2) is 0 Å². The van der Waals surface area contributed by atoms with Crippen LogP contribution < -0.4 is 5.73 Å². The van der Waals surface area contributed by atoms with Crippen LogP contribution in [0.2, 0.25) is 0 Å². The Kier molecular flexibility index (Phi) is 3.76. The summed E-state index contributed by atoms with van der Waals surface area (Å²) >= 11 is 0. The van der Waals surface area contributed by atoms with E-state index in [9.17, 15) is 0 Å². The first-order valence-electron chi connectivity index (χ1n) is 7.10. The van der Waals surface area contributed by atoms with Crippen LogP contribution in [-0.4, -0.2) is 66.3 Å². The number of piperazine rings is 1. The van der Waals surface area contributed by atoms with Crippen molar-refractivity contribution < 1.29 is 4.74 Å². The minimum absolute atomic E-state index is 0.0172. The molecule has 0 aliphatic carbocycles. The van der Waals surface area contributed by atoms with Crippen LogP contribution in [0, 0.1) is 0 Å². The second kappa shape index (κ2) is 4.75. The van der Waals surface area contributed by atoms with Gasteiger partial charge in [0.15, 0.2) is 0 Å². The lowest BCUT2D eigenvalue weighted by Gasteiger charge is -2.46. The van der Waals surface area contributed by atoms with Gasteiger partial charge in [-0.05, 0) is 41.2 Å². The molecular weight excluding hydrogens is 226 g/mol. The molecule has 0 bridgehead atoms. The molecule has 0 aromatic heterocycles. The number of likely N-dealkylation sites (N-methyl/N-ethyl adjacent to an activating group) is 1. The number of ether oxygens (including phenoxy) is 1. The summed E-state index contributed by atoms with van der Waals surface area (Å²) in [6.07, 6.45) is 1.10. The van der Waals surface area contributed by atoms with Crippen molar-refractivity contribution in [2.24, 2.45) is 5.73 Å². The van der Waals surface area contributed by atoms with E-state index in [-0.39, 0.29) is 11.2 Å². The van der Waals surface area contributed by atoms with E-state index in [4.69, 9.17) is 10.5 Å². The third-order valence-corrected chi connectivity index (χ3v) is 4.43. The molecule has 0 aromatic carbocycles. The zero-order chi connectivity index (χ0) is 13.6. The minimum Gasteiger partial charge on any atom is -0.368 e. The van der Waals surface area contributed by atoms with Crippen molar-refractivity contribution in [1.82, 2.24) is 9.80 Å². The molecule has 0 amide bonds. The number of nitrogens with zero attached hydrogens (tertiary/aromatic N) is 2. The third kappa shape index (κ3) is 2.72. The first kappa shape index (κ1) is 14.3. The standard InChI is InChI=1S/C14H29N3O/c1-13(2)8-12(14(3,4)18-13)17-7-6-16(5)10-11(17)9-15/h11-12H,6-10,15H2,1-5H3. The largest absolute Gasteiger partial charge is 0.368 e. The molecule has 4 nitrogen and oxygen atoms in total. The van der Waals surface area contributed by atoms with Crippen molar-refractivity contribution in [2.45, 2.75) is 57.4 Å². The lowest BCUT2D eigenvalue weighted by atomic mass is 9.91. The molecular formula is C14H29N3O. The lowest BCUT2D eigenvalue weighted by molar-refractivity contribution is -0.0885. The van der Waals surface area contributed by atoms with E-state index in [0.717, 1.165) is 32.6 Å². The Balaban J connectivity index is 2.15. The first-order valence-corrected chi connectivity index (χ1v) is 7.10.